The van der Waals surface area contributed by atoms with Crippen molar-refractivity contribution in [2.24, 2.45) is 5.92 Å². The molecule has 1 aliphatic rings. The van der Waals surface area contributed by atoms with Gasteiger partial charge in [-0.05, 0) is 25.7 Å². The molecule has 0 radical (unpaired) electrons. The predicted molar refractivity (Wildman–Crippen MR) is 76.1 cm³/mol. The first-order chi connectivity index (χ1) is 8.37. The fourth-order valence-electron chi connectivity index (χ4n) is 2.33. The second-order valence-corrected chi connectivity index (χ2v) is 8.02. The van der Waals surface area contributed by atoms with Gasteiger partial charge in [-0.3, -0.25) is 0 Å². The van der Waals surface area contributed by atoms with Crippen LogP contribution in [0, 0.1) is 5.92 Å². The molecular formula is C13H28N2O2S. The van der Waals surface area contributed by atoms with Crippen molar-refractivity contribution < 1.29 is 8.42 Å². The third-order valence-corrected chi connectivity index (χ3v) is 6.10. The van der Waals surface area contributed by atoms with Crippen molar-refractivity contribution in [3.63, 3.8) is 0 Å². The summed E-state index contributed by atoms with van der Waals surface area (Å²) in [4.78, 5) is 0. The van der Waals surface area contributed by atoms with Crippen molar-refractivity contribution >= 4 is 10.0 Å². The van der Waals surface area contributed by atoms with Crippen LogP contribution in [-0.2, 0) is 10.0 Å². The third kappa shape index (κ3) is 4.21. The molecule has 0 spiro atoms. The molecule has 5 heteroatoms. The first-order valence-corrected chi connectivity index (χ1v) is 8.60. The average molecular weight is 276 g/mol. The van der Waals surface area contributed by atoms with Gasteiger partial charge in [-0.15, -0.1) is 0 Å². The highest BCUT2D eigenvalue weighted by Crippen LogP contribution is 2.23. The van der Waals surface area contributed by atoms with Crippen molar-refractivity contribution in [1.82, 2.24) is 9.62 Å². The number of rotatable bonds is 6. The van der Waals surface area contributed by atoms with Crippen molar-refractivity contribution in [1.29, 1.82) is 0 Å². The van der Waals surface area contributed by atoms with Crippen molar-refractivity contribution in [2.75, 3.05) is 19.6 Å². The standard InChI is InChI=1S/C13H28N2O2S/c1-5-13-6-8-15(9-7-13)18(16,17)12(4)10-14-11(2)3/h11-14H,5-10H2,1-4H3. The number of nitrogens with one attached hydrogen (secondary N) is 1. The number of sulfonamides is 1. The zero-order chi connectivity index (χ0) is 13.8. The second-order valence-electron chi connectivity index (χ2n) is 5.67. The summed E-state index contributed by atoms with van der Waals surface area (Å²) in [6, 6.07) is 0.327. The molecule has 0 bridgehead atoms. The summed E-state index contributed by atoms with van der Waals surface area (Å²) in [5.41, 5.74) is 0. The van der Waals surface area contributed by atoms with Gasteiger partial charge < -0.3 is 5.32 Å². The molecule has 0 amide bonds. The monoisotopic (exact) mass is 276 g/mol. The molecule has 18 heavy (non-hydrogen) atoms. The Hall–Kier alpha value is -0.130. The third-order valence-electron chi connectivity index (χ3n) is 3.83. The molecule has 1 rings (SSSR count). The van der Waals surface area contributed by atoms with Crippen LogP contribution in [0.2, 0.25) is 0 Å². The molecule has 1 heterocycles. The van der Waals surface area contributed by atoms with Crippen molar-refractivity contribution in [3.05, 3.63) is 0 Å². The van der Waals surface area contributed by atoms with E-state index in [4.69, 9.17) is 0 Å². The molecule has 1 saturated heterocycles. The number of piperidine rings is 1. The number of hydrogen-bond acceptors (Lipinski definition) is 3. The fourth-order valence-corrected chi connectivity index (χ4v) is 3.87. The van der Waals surface area contributed by atoms with Crippen LogP contribution in [-0.4, -0.2) is 43.6 Å². The highest BCUT2D eigenvalue weighted by Gasteiger charge is 2.31. The van der Waals surface area contributed by atoms with Gasteiger partial charge in [-0.2, -0.15) is 0 Å². The van der Waals surface area contributed by atoms with Gasteiger partial charge in [0.05, 0.1) is 5.25 Å². The normalized spacial score (nSPS) is 21.4. The van der Waals surface area contributed by atoms with Crippen molar-refractivity contribution in [2.45, 2.75) is 58.2 Å². The van der Waals surface area contributed by atoms with E-state index in [2.05, 4.69) is 12.2 Å². The number of nitrogens with zero attached hydrogens (tertiary/aromatic N) is 1. The summed E-state index contributed by atoms with van der Waals surface area (Å²) in [7, 11) is -3.12. The molecule has 108 valence electrons. The van der Waals surface area contributed by atoms with Gasteiger partial charge in [-0.25, -0.2) is 12.7 Å². The van der Waals surface area contributed by atoms with Crippen LogP contribution in [0.5, 0.6) is 0 Å². The molecule has 0 aromatic rings. The quantitative estimate of drug-likeness (QED) is 0.805. The van der Waals surface area contributed by atoms with E-state index in [1.807, 2.05) is 13.8 Å². The van der Waals surface area contributed by atoms with Crippen LogP contribution in [0.1, 0.15) is 47.0 Å². The first kappa shape index (κ1) is 15.9. The first-order valence-electron chi connectivity index (χ1n) is 7.10. The largest absolute Gasteiger partial charge is 0.313 e. The lowest BCUT2D eigenvalue weighted by Gasteiger charge is -2.32. The minimum absolute atomic E-state index is 0.327. The van der Waals surface area contributed by atoms with Crippen LogP contribution < -0.4 is 5.32 Å². The molecular weight excluding hydrogens is 248 g/mol. The lowest BCUT2D eigenvalue weighted by atomic mass is 9.96. The summed E-state index contributed by atoms with van der Waals surface area (Å²) in [5, 5.41) is 2.87. The lowest BCUT2D eigenvalue weighted by molar-refractivity contribution is 0.267. The molecule has 0 aliphatic carbocycles. The van der Waals surface area contributed by atoms with Gasteiger partial charge in [0.2, 0.25) is 10.0 Å². The average Bonchev–Trinajstić information content (AvgIpc) is 2.35. The maximum Gasteiger partial charge on any atom is 0.217 e. The molecule has 0 aromatic carbocycles. The smallest absolute Gasteiger partial charge is 0.217 e. The molecule has 0 aromatic heterocycles. The van der Waals surface area contributed by atoms with Crippen LogP contribution in [0.25, 0.3) is 0 Å². The topological polar surface area (TPSA) is 49.4 Å². The maximum atomic E-state index is 12.4. The Labute approximate surface area is 112 Å². The SMILES string of the molecule is CCC1CCN(S(=O)(=O)C(C)CNC(C)C)CC1. The molecule has 1 N–H and O–H groups in total. The van der Waals surface area contributed by atoms with E-state index in [0.717, 1.165) is 12.8 Å². The van der Waals surface area contributed by atoms with Crippen LogP contribution >= 0.6 is 0 Å². The van der Waals surface area contributed by atoms with E-state index in [1.165, 1.54) is 6.42 Å². The molecule has 1 fully saturated rings. The van der Waals surface area contributed by atoms with Gasteiger partial charge >= 0.3 is 0 Å². The van der Waals surface area contributed by atoms with E-state index in [1.54, 1.807) is 11.2 Å². The molecule has 1 atom stereocenters. The molecule has 0 saturated carbocycles. The lowest BCUT2D eigenvalue weighted by Crippen LogP contribution is -2.46. The van der Waals surface area contributed by atoms with Gasteiger partial charge in [0.15, 0.2) is 0 Å². The van der Waals surface area contributed by atoms with E-state index in [0.29, 0.717) is 31.6 Å². The highest BCUT2D eigenvalue weighted by molar-refractivity contribution is 7.89. The fraction of sp³-hybridized carbons (Fsp3) is 1.00. The molecule has 4 nitrogen and oxygen atoms in total. The molecule has 1 unspecified atom stereocenters. The second kappa shape index (κ2) is 6.87. The van der Waals surface area contributed by atoms with Gasteiger partial charge in [0, 0.05) is 25.7 Å². The zero-order valence-corrected chi connectivity index (χ0v) is 13.0. The van der Waals surface area contributed by atoms with E-state index in [-0.39, 0.29) is 5.25 Å². The van der Waals surface area contributed by atoms with Crippen LogP contribution in [0.15, 0.2) is 0 Å². The number of hydrogen-bond donors (Lipinski definition) is 1. The summed E-state index contributed by atoms with van der Waals surface area (Å²) < 4.78 is 26.4. The summed E-state index contributed by atoms with van der Waals surface area (Å²) in [6.45, 7) is 9.99. The zero-order valence-electron chi connectivity index (χ0n) is 12.1. The van der Waals surface area contributed by atoms with E-state index < -0.39 is 10.0 Å². The van der Waals surface area contributed by atoms with Crippen LogP contribution in [0.3, 0.4) is 0 Å². The van der Waals surface area contributed by atoms with E-state index in [9.17, 15) is 8.42 Å². The van der Waals surface area contributed by atoms with Gasteiger partial charge in [0.1, 0.15) is 0 Å². The summed E-state index contributed by atoms with van der Waals surface area (Å²) >= 11 is 0. The van der Waals surface area contributed by atoms with Gasteiger partial charge in [-0.1, -0.05) is 27.2 Å². The Morgan fingerprint density at radius 2 is 1.78 bits per heavy atom. The Balaban J connectivity index is 2.53. The summed E-state index contributed by atoms with van der Waals surface area (Å²) in [5.74, 6) is 0.709. The predicted octanol–water partition coefficient (Wildman–Crippen LogP) is 1.82. The summed E-state index contributed by atoms with van der Waals surface area (Å²) in [6.07, 6.45) is 3.19. The van der Waals surface area contributed by atoms with E-state index >= 15 is 0 Å². The Kier molecular flexibility index (Phi) is 6.08. The maximum absolute atomic E-state index is 12.4. The Morgan fingerprint density at radius 1 is 1.22 bits per heavy atom. The highest BCUT2D eigenvalue weighted by atomic mass is 32.2. The van der Waals surface area contributed by atoms with Gasteiger partial charge in [0.25, 0.3) is 0 Å². The Bertz CT molecular complexity index is 333. The minimum Gasteiger partial charge on any atom is -0.313 e. The van der Waals surface area contributed by atoms with Crippen LogP contribution in [0.4, 0.5) is 0 Å². The Morgan fingerprint density at radius 3 is 2.22 bits per heavy atom. The van der Waals surface area contributed by atoms with Crippen molar-refractivity contribution in [3.8, 4) is 0 Å². The minimum atomic E-state index is -3.12. The molecule has 1 aliphatic heterocycles.